The third-order valence-corrected chi connectivity index (χ3v) is 6.30. The van der Waals surface area contributed by atoms with E-state index in [2.05, 4.69) is 12.2 Å². The summed E-state index contributed by atoms with van der Waals surface area (Å²) in [7, 11) is 0. The van der Waals surface area contributed by atoms with E-state index in [1.54, 1.807) is 0 Å². The van der Waals surface area contributed by atoms with Crippen LogP contribution in [0.2, 0.25) is 0 Å². The van der Waals surface area contributed by atoms with Crippen LogP contribution in [0.1, 0.15) is 52.4 Å². The predicted octanol–water partition coefficient (Wildman–Crippen LogP) is 2.14. The molecule has 126 valence electrons. The molecule has 3 fully saturated rings. The summed E-state index contributed by atoms with van der Waals surface area (Å²) in [6, 6.07) is 0.346. The summed E-state index contributed by atoms with van der Waals surface area (Å²) in [5, 5.41) is 13.4. The first-order chi connectivity index (χ1) is 10.6. The summed E-state index contributed by atoms with van der Waals surface area (Å²) in [6.45, 7) is 6.27. The van der Waals surface area contributed by atoms with Gasteiger partial charge in [-0.25, -0.2) is 4.79 Å². The van der Waals surface area contributed by atoms with Gasteiger partial charge in [0, 0.05) is 37.6 Å². The number of nitrogens with zero attached hydrogens (tertiary/aromatic N) is 1. The summed E-state index contributed by atoms with van der Waals surface area (Å²) in [5.41, 5.74) is -0.105. The molecule has 3 atom stereocenters. The molecule has 0 aromatic rings. The van der Waals surface area contributed by atoms with Gasteiger partial charge in [-0.15, -0.1) is 0 Å². The van der Waals surface area contributed by atoms with Crippen molar-refractivity contribution >= 4 is 6.03 Å². The first-order valence-electron chi connectivity index (χ1n) is 8.92. The van der Waals surface area contributed by atoms with Gasteiger partial charge in [-0.2, -0.15) is 0 Å². The quantitative estimate of drug-likeness (QED) is 0.836. The van der Waals surface area contributed by atoms with Gasteiger partial charge >= 0.3 is 6.03 Å². The largest absolute Gasteiger partial charge is 0.392 e. The van der Waals surface area contributed by atoms with Gasteiger partial charge in [0.1, 0.15) is 0 Å². The van der Waals surface area contributed by atoms with Crippen LogP contribution in [-0.4, -0.2) is 54.0 Å². The Morgan fingerprint density at radius 2 is 2.09 bits per heavy atom. The Morgan fingerprint density at radius 1 is 1.41 bits per heavy atom. The lowest BCUT2D eigenvalue weighted by Crippen LogP contribution is -2.63. The van der Waals surface area contributed by atoms with Crippen LogP contribution < -0.4 is 5.32 Å². The Hall–Kier alpha value is -0.810. The predicted molar refractivity (Wildman–Crippen MR) is 84.6 cm³/mol. The van der Waals surface area contributed by atoms with Crippen molar-refractivity contribution in [3.8, 4) is 0 Å². The van der Waals surface area contributed by atoms with Crippen molar-refractivity contribution in [1.82, 2.24) is 10.2 Å². The molecule has 2 amide bonds. The van der Waals surface area contributed by atoms with Crippen molar-refractivity contribution in [2.45, 2.75) is 70.6 Å². The Bertz CT molecular complexity index is 401. The molecule has 2 saturated carbocycles. The molecule has 0 unspecified atom stereocenters. The highest BCUT2D eigenvalue weighted by Crippen LogP contribution is 2.50. The average molecular weight is 310 g/mol. The minimum Gasteiger partial charge on any atom is -0.392 e. The van der Waals surface area contributed by atoms with E-state index in [1.807, 2.05) is 11.8 Å². The number of carbonyl (C=O) groups is 1. The third-order valence-electron chi connectivity index (χ3n) is 6.30. The molecule has 1 heterocycles. The van der Waals surface area contributed by atoms with Crippen LogP contribution in [0, 0.1) is 11.3 Å². The minimum absolute atomic E-state index is 0.0658. The molecule has 1 saturated heterocycles. The summed E-state index contributed by atoms with van der Waals surface area (Å²) in [6.07, 6.45) is 6.15. The van der Waals surface area contributed by atoms with Crippen LogP contribution in [0.3, 0.4) is 0 Å². The minimum atomic E-state index is -0.261. The van der Waals surface area contributed by atoms with E-state index >= 15 is 0 Å². The highest BCUT2D eigenvalue weighted by Gasteiger charge is 2.56. The van der Waals surface area contributed by atoms with E-state index in [-0.39, 0.29) is 29.7 Å². The van der Waals surface area contributed by atoms with Gasteiger partial charge in [0.2, 0.25) is 0 Å². The maximum atomic E-state index is 12.4. The summed E-state index contributed by atoms with van der Waals surface area (Å²) < 4.78 is 5.78. The molecule has 2 aliphatic carbocycles. The molecule has 0 radical (unpaired) electrons. The number of carbonyl (C=O) groups excluding carboxylic acids is 1. The molecule has 0 bridgehead atoms. The molecular weight excluding hydrogens is 280 g/mol. The smallest absolute Gasteiger partial charge is 0.317 e. The second-order valence-electron chi connectivity index (χ2n) is 7.34. The normalized spacial score (nSPS) is 32.2. The van der Waals surface area contributed by atoms with E-state index < -0.39 is 0 Å². The van der Waals surface area contributed by atoms with Crippen LogP contribution in [0.4, 0.5) is 4.79 Å². The van der Waals surface area contributed by atoms with E-state index in [9.17, 15) is 9.90 Å². The number of ether oxygens (including phenoxy) is 1. The first-order valence-corrected chi connectivity index (χ1v) is 8.92. The fourth-order valence-electron chi connectivity index (χ4n) is 4.29. The van der Waals surface area contributed by atoms with Gasteiger partial charge in [0.05, 0.1) is 12.2 Å². The molecule has 2 N–H and O–H groups in total. The summed E-state index contributed by atoms with van der Waals surface area (Å²) >= 11 is 0. The number of amides is 2. The van der Waals surface area contributed by atoms with Gasteiger partial charge in [-0.05, 0) is 45.4 Å². The lowest BCUT2D eigenvalue weighted by molar-refractivity contribution is -0.207. The van der Waals surface area contributed by atoms with Crippen LogP contribution >= 0.6 is 0 Å². The maximum absolute atomic E-state index is 12.4. The fourth-order valence-corrected chi connectivity index (χ4v) is 4.29. The number of urea groups is 1. The number of rotatable bonds is 4. The van der Waals surface area contributed by atoms with Gasteiger partial charge in [-0.1, -0.05) is 6.42 Å². The van der Waals surface area contributed by atoms with Gasteiger partial charge in [0.25, 0.3) is 0 Å². The monoisotopic (exact) mass is 310 g/mol. The second kappa shape index (κ2) is 6.36. The molecular formula is C17H30N2O3. The van der Waals surface area contributed by atoms with Crippen molar-refractivity contribution in [2.75, 3.05) is 19.7 Å². The maximum Gasteiger partial charge on any atom is 0.317 e. The standard InChI is InChI=1S/C17H30N2O3/c1-3-22-15-11-14(20)17(15)7-9-19(10-8-17)16(21)18-12(2)13-5-4-6-13/h12-15,20H,3-11H2,1-2H3,(H,18,21)/t12-,14+,15-/m1/s1. The number of piperidine rings is 1. The molecule has 1 aliphatic heterocycles. The lowest BCUT2D eigenvalue weighted by Gasteiger charge is -2.56. The summed E-state index contributed by atoms with van der Waals surface area (Å²) in [4.78, 5) is 14.3. The van der Waals surface area contributed by atoms with Crippen molar-refractivity contribution in [1.29, 1.82) is 0 Å². The Balaban J connectivity index is 1.49. The van der Waals surface area contributed by atoms with E-state index in [0.717, 1.165) is 32.4 Å². The molecule has 22 heavy (non-hydrogen) atoms. The van der Waals surface area contributed by atoms with Crippen molar-refractivity contribution < 1.29 is 14.6 Å². The van der Waals surface area contributed by atoms with Crippen LogP contribution in [0.5, 0.6) is 0 Å². The van der Waals surface area contributed by atoms with Gasteiger partial charge in [0.15, 0.2) is 0 Å². The molecule has 0 aromatic carbocycles. The lowest BCUT2D eigenvalue weighted by atomic mass is 9.58. The molecule has 5 nitrogen and oxygen atoms in total. The summed E-state index contributed by atoms with van der Waals surface area (Å²) in [5.74, 6) is 0.663. The Kier molecular flexibility index (Phi) is 4.64. The van der Waals surface area contributed by atoms with Gasteiger partial charge < -0.3 is 20.1 Å². The molecule has 0 aromatic heterocycles. The van der Waals surface area contributed by atoms with E-state index in [4.69, 9.17) is 4.74 Å². The fraction of sp³-hybridized carbons (Fsp3) is 0.941. The van der Waals surface area contributed by atoms with Crippen molar-refractivity contribution in [2.24, 2.45) is 11.3 Å². The Labute approximate surface area is 133 Å². The average Bonchev–Trinajstić information content (AvgIpc) is 2.45. The van der Waals surface area contributed by atoms with E-state index in [0.29, 0.717) is 12.5 Å². The SMILES string of the molecule is CCO[C@@H]1C[C@H](O)C12CCN(C(=O)N[C@H](C)C1CCC1)CC2. The third kappa shape index (κ3) is 2.73. The van der Waals surface area contributed by atoms with Crippen molar-refractivity contribution in [3.05, 3.63) is 0 Å². The number of likely N-dealkylation sites (tertiary alicyclic amines) is 1. The second-order valence-corrected chi connectivity index (χ2v) is 7.34. The topological polar surface area (TPSA) is 61.8 Å². The number of nitrogens with one attached hydrogen (secondary N) is 1. The zero-order valence-corrected chi connectivity index (χ0v) is 13.9. The van der Waals surface area contributed by atoms with E-state index in [1.165, 1.54) is 19.3 Å². The molecule has 3 rings (SSSR count). The number of hydrogen-bond acceptors (Lipinski definition) is 3. The van der Waals surface area contributed by atoms with Crippen LogP contribution in [0.25, 0.3) is 0 Å². The number of hydrogen-bond donors (Lipinski definition) is 2. The first kappa shape index (κ1) is 16.1. The van der Waals surface area contributed by atoms with Crippen LogP contribution in [0.15, 0.2) is 0 Å². The Morgan fingerprint density at radius 3 is 2.59 bits per heavy atom. The number of aliphatic hydroxyl groups excluding tert-OH is 1. The highest BCUT2D eigenvalue weighted by molar-refractivity contribution is 5.74. The zero-order valence-electron chi connectivity index (χ0n) is 13.9. The highest BCUT2D eigenvalue weighted by atomic mass is 16.5. The van der Waals surface area contributed by atoms with Crippen LogP contribution in [-0.2, 0) is 4.74 Å². The molecule has 5 heteroatoms. The van der Waals surface area contributed by atoms with Crippen molar-refractivity contribution in [3.63, 3.8) is 0 Å². The number of aliphatic hydroxyl groups is 1. The van der Waals surface area contributed by atoms with Gasteiger partial charge in [-0.3, -0.25) is 0 Å². The molecule has 3 aliphatic rings. The zero-order chi connectivity index (χ0) is 15.7. The molecule has 1 spiro atoms.